The second kappa shape index (κ2) is 10.6. The van der Waals surface area contributed by atoms with Gasteiger partial charge in [0.25, 0.3) is 0 Å². The smallest absolute Gasteiger partial charge is 0.110 e. The van der Waals surface area contributed by atoms with Crippen molar-refractivity contribution in [3.63, 3.8) is 0 Å². The summed E-state index contributed by atoms with van der Waals surface area (Å²) in [7, 11) is 54.0. The molecule has 0 bridgehead atoms. The molecule has 16 radical (unpaired) electrons. The number of rotatable bonds is 2. The maximum absolute atomic E-state index is 6.96. The standard InChI is InChI=1S/C38H16B8/c39-31-27-25(18-9-2-1-3-10-18)28-30(34(42)38(46)36(44)32(28)40)26(29(27)33(41)37(45)35(31)43)23-16-19-15-14-17-8-4-5-11-20(17)24(19)22-13-7-6-12-21(22)23/h1-16H. The van der Waals surface area contributed by atoms with Crippen molar-refractivity contribution in [2.24, 2.45) is 0 Å². The van der Waals surface area contributed by atoms with Crippen LogP contribution in [0.1, 0.15) is 0 Å². The Hall–Kier alpha value is -4.42. The largest absolute Gasteiger partial charge is 0.113 e. The molecule has 0 aliphatic rings. The lowest BCUT2D eigenvalue weighted by atomic mass is 9.59. The monoisotopic (exact) mass is 560 g/mol. The Balaban J connectivity index is 1.73. The van der Waals surface area contributed by atoms with Crippen LogP contribution in [0.15, 0.2) is 97.1 Å². The second-order valence-electron chi connectivity index (χ2n) is 11.8. The summed E-state index contributed by atoms with van der Waals surface area (Å²) in [5.41, 5.74) is 4.98. The van der Waals surface area contributed by atoms with Gasteiger partial charge in [0.05, 0.1) is 0 Å². The molecule has 0 aliphatic carbocycles. The topological polar surface area (TPSA) is 0 Å². The molecule has 0 amide bonds. The van der Waals surface area contributed by atoms with Gasteiger partial charge >= 0.3 is 0 Å². The lowest BCUT2D eigenvalue weighted by molar-refractivity contribution is 1.69. The van der Waals surface area contributed by atoms with E-state index in [0.29, 0.717) is 32.7 Å². The molecular formula is C38H16B8. The predicted octanol–water partition coefficient (Wildman–Crippen LogP) is 1.14. The average molecular weight is 559 g/mol. The minimum atomic E-state index is 0.190. The summed E-state index contributed by atoms with van der Waals surface area (Å²) >= 11 is 0. The normalized spacial score (nSPS) is 11.7. The fourth-order valence-corrected chi connectivity index (χ4v) is 7.19. The van der Waals surface area contributed by atoms with E-state index in [1.54, 1.807) is 0 Å². The summed E-state index contributed by atoms with van der Waals surface area (Å²) in [6, 6.07) is 32.8. The Morgan fingerprint density at radius 3 is 1.30 bits per heavy atom. The van der Waals surface area contributed by atoms with E-state index >= 15 is 0 Å². The first-order chi connectivity index (χ1) is 22.2. The molecule has 0 fully saturated rings. The summed E-state index contributed by atoms with van der Waals surface area (Å²) in [5, 5.41) is 8.94. The van der Waals surface area contributed by atoms with Crippen molar-refractivity contribution < 1.29 is 0 Å². The van der Waals surface area contributed by atoms with E-state index < -0.39 is 0 Å². The quantitative estimate of drug-likeness (QED) is 0.170. The zero-order valence-electron chi connectivity index (χ0n) is 24.9. The Morgan fingerprint density at radius 1 is 0.304 bits per heavy atom. The predicted molar refractivity (Wildman–Crippen MR) is 208 cm³/mol. The molecule has 0 unspecified atom stereocenters. The van der Waals surface area contributed by atoms with E-state index in [2.05, 4.69) is 48.5 Å². The van der Waals surface area contributed by atoms with Crippen LogP contribution in [0.5, 0.6) is 0 Å². The third-order valence-electron chi connectivity index (χ3n) is 9.40. The minimum Gasteiger partial charge on any atom is -0.110 e. The molecule has 0 nitrogen and oxygen atoms in total. The van der Waals surface area contributed by atoms with Gasteiger partial charge in [0.2, 0.25) is 0 Å². The molecule has 8 aromatic rings. The van der Waals surface area contributed by atoms with Crippen LogP contribution >= 0.6 is 0 Å². The molecule has 0 heterocycles. The molecule has 0 saturated carbocycles. The third kappa shape index (κ3) is 3.92. The van der Waals surface area contributed by atoms with Gasteiger partial charge in [-0.15, -0.1) is 21.9 Å². The summed E-state index contributed by atoms with van der Waals surface area (Å²) in [6.45, 7) is 0. The Morgan fingerprint density at radius 2 is 0.739 bits per heavy atom. The van der Waals surface area contributed by atoms with Crippen LogP contribution in [-0.4, -0.2) is 62.8 Å². The zero-order chi connectivity index (χ0) is 32.0. The van der Waals surface area contributed by atoms with Crippen LogP contribution in [-0.2, 0) is 0 Å². The Bertz CT molecular complexity index is 2530. The molecule has 192 valence electrons. The van der Waals surface area contributed by atoms with Gasteiger partial charge in [-0.05, 0) is 82.2 Å². The van der Waals surface area contributed by atoms with Crippen LogP contribution in [0, 0.1) is 0 Å². The van der Waals surface area contributed by atoms with Crippen LogP contribution in [0.3, 0.4) is 0 Å². The van der Waals surface area contributed by atoms with E-state index in [0.717, 1.165) is 43.4 Å². The molecular weight excluding hydrogens is 543 g/mol. The second-order valence-corrected chi connectivity index (χ2v) is 11.8. The molecule has 8 aromatic carbocycles. The number of hydrogen-bond acceptors (Lipinski definition) is 0. The molecule has 8 heteroatoms. The van der Waals surface area contributed by atoms with Gasteiger partial charge in [0.1, 0.15) is 62.8 Å². The van der Waals surface area contributed by atoms with Gasteiger partial charge in [0.15, 0.2) is 0 Å². The first-order valence-electron chi connectivity index (χ1n) is 14.9. The number of fused-ring (bicyclic) bond motifs is 7. The maximum Gasteiger partial charge on any atom is 0.113 e. The Kier molecular flexibility index (Phi) is 6.66. The van der Waals surface area contributed by atoms with Crippen molar-refractivity contribution in [1.29, 1.82) is 0 Å². The van der Waals surface area contributed by atoms with Gasteiger partial charge in [-0.2, -0.15) is 0 Å². The van der Waals surface area contributed by atoms with Crippen molar-refractivity contribution in [1.82, 2.24) is 0 Å². The van der Waals surface area contributed by atoms with E-state index in [9.17, 15) is 0 Å². The lowest BCUT2D eigenvalue weighted by Gasteiger charge is -2.29. The molecule has 0 spiro atoms. The number of benzene rings is 8. The highest BCUT2D eigenvalue weighted by atomic mass is 14.3. The van der Waals surface area contributed by atoms with Crippen molar-refractivity contribution in [2.75, 3.05) is 0 Å². The highest BCUT2D eigenvalue weighted by Gasteiger charge is 2.25. The summed E-state index contributed by atoms with van der Waals surface area (Å²) in [4.78, 5) is 0. The van der Waals surface area contributed by atoms with Crippen LogP contribution in [0.2, 0.25) is 0 Å². The van der Waals surface area contributed by atoms with Crippen molar-refractivity contribution >= 4 is 160 Å². The first kappa shape index (κ1) is 29.0. The van der Waals surface area contributed by atoms with Gasteiger partial charge in [-0.25, -0.2) is 0 Å². The Labute approximate surface area is 278 Å². The number of hydrogen-bond donors (Lipinski definition) is 0. The molecule has 0 saturated heterocycles. The van der Waals surface area contributed by atoms with Crippen LogP contribution in [0.25, 0.3) is 76.1 Å². The van der Waals surface area contributed by atoms with E-state index in [1.165, 1.54) is 0 Å². The van der Waals surface area contributed by atoms with Crippen molar-refractivity contribution in [3.8, 4) is 22.3 Å². The van der Waals surface area contributed by atoms with Crippen LogP contribution < -0.4 is 43.7 Å². The SMILES string of the molecule is [B]c1c([B])c([B])c2c(-c3cc4ccc5ccccc5c4c4ccccc34)c3c([B])c([B])c([B])c([B])c3c(-c3ccccc3)c2c1[B]. The van der Waals surface area contributed by atoms with Gasteiger partial charge < -0.3 is 0 Å². The fourth-order valence-electron chi connectivity index (χ4n) is 7.19. The van der Waals surface area contributed by atoms with Crippen LogP contribution in [0.4, 0.5) is 0 Å². The molecule has 0 aromatic heterocycles. The third-order valence-corrected chi connectivity index (χ3v) is 9.40. The minimum absolute atomic E-state index is 0.190. The molecule has 0 aliphatic heterocycles. The van der Waals surface area contributed by atoms with E-state index in [4.69, 9.17) is 62.8 Å². The summed E-state index contributed by atoms with van der Waals surface area (Å²) < 4.78 is 0. The van der Waals surface area contributed by atoms with Gasteiger partial charge in [-0.1, -0.05) is 113 Å². The van der Waals surface area contributed by atoms with Gasteiger partial charge in [0, 0.05) is 0 Å². The summed E-state index contributed by atoms with van der Waals surface area (Å²) in [6.07, 6.45) is 0. The average Bonchev–Trinajstić information content (AvgIpc) is 3.09. The molecule has 46 heavy (non-hydrogen) atoms. The molecule has 8 rings (SSSR count). The maximum atomic E-state index is 6.96. The van der Waals surface area contributed by atoms with E-state index in [1.807, 2.05) is 48.5 Å². The zero-order valence-corrected chi connectivity index (χ0v) is 24.9. The fraction of sp³-hybridized carbons (Fsp3) is 0. The molecule has 0 N–H and O–H groups in total. The summed E-state index contributed by atoms with van der Waals surface area (Å²) in [5.74, 6) is 0. The van der Waals surface area contributed by atoms with E-state index in [-0.39, 0.29) is 43.7 Å². The van der Waals surface area contributed by atoms with Crippen molar-refractivity contribution in [3.05, 3.63) is 97.1 Å². The van der Waals surface area contributed by atoms with Gasteiger partial charge in [-0.3, -0.25) is 0 Å². The highest BCUT2D eigenvalue weighted by Crippen LogP contribution is 2.45. The highest BCUT2D eigenvalue weighted by molar-refractivity contribution is 6.71. The first-order valence-corrected chi connectivity index (χ1v) is 14.9. The lowest BCUT2D eigenvalue weighted by Crippen LogP contribution is -2.50. The van der Waals surface area contributed by atoms with Crippen molar-refractivity contribution in [2.45, 2.75) is 0 Å². The molecule has 0 atom stereocenters.